The molecule has 0 radical (unpaired) electrons. The van der Waals surface area contributed by atoms with Gasteiger partial charge in [0.1, 0.15) is 0 Å². The molecule has 0 saturated carbocycles. The Labute approximate surface area is 88.9 Å². The fraction of sp³-hybridized carbons (Fsp3) is 0.545. The molecule has 2 heterocycles. The van der Waals surface area contributed by atoms with Crippen molar-refractivity contribution in [3.8, 4) is 0 Å². The second-order valence-corrected chi connectivity index (χ2v) is 4.00. The molecule has 3 nitrogen and oxygen atoms in total. The van der Waals surface area contributed by atoms with Gasteiger partial charge in [-0.2, -0.15) is 4.39 Å². The highest BCUT2D eigenvalue weighted by atomic mass is 19.1. The van der Waals surface area contributed by atoms with Crippen molar-refractivity contribution in [1.82, 2.24) is 4.98 Å². The Morgan fingerprint density at radius 3 is 2.67 bits per heavy atom. The van der Waals surface area contributed by atoms with E-state index in [1.165, 1.54) is 12.3 Å². The molecule has 0 N–H and O–H groups in total. The Morgan fingerprint density at radius 1 is 1.40 bits per heavy atom. The van der Waals surface area contributed by atoms with Crippen LogP contribution in [0, 0.1) is 5.95 Å². The second kappa shape index (κ2) is 4.14. The van der Waals surface area contributed by atoms with Gasteiger partial charge in [-0.15, -0.1) is 0 Å². The van der Waals surface area contributed by atoms with E-state index >= 15 is 0 Å². The number of nitrogens with zero attached hydrogens (tertiary/aromatic N) is 2. The van der Waals surface area contributed by atoms with Crippen LogP contribution in [0.25, 0.3) is 0 Å². The highest BCUT2D eigenvalue weighted by Gasteiger charge is 2.22. The van der Waals surface area contributed by atoms with Gasteiger partial charge in [0.25, 0.3) is 0 Å². The maximum Gasteiger partial charge on any atom is 0.214 e. The van der Waals surface area contributed by atoms with Gasteiger partial charge in [0.2, 0.25) is 5.95 Å². The summed E-state index contributed by atoms with van der Waals surface area (Å²) in [5.41, 5.74) is 0.879. The summed E-state index contributed by atoms with van der Waals surface area (Å²) in [6, 6.07) is 3.29. The minimum atomic E-state index is -0.431. The Kier molecular flexibility index (Phi) is 2.86. The number of rotatable bonds is 1. The van der Waals surface area contributed by atoms with Crippen LogP contribution < -0.4 is 4.90 Å². The van der Waals surface area contributed by atoms with Crippen LogP contribution >= 0.6 is 0 Å². The predicted molar refractivity (Wildman–Crippen MR) is 56.4 cm³/mol. The van der Waals surface area contributed by atoms with Crippen LogP contribution in [0.4, 0.5) is 10.1 Å². The summed E-state index contributed by atoms with van der Waals surface area (Å²) in [6.07, 6.45) is 1.87. The fourth-order valence-electron chi connectivity index (χ4n) is 1.98. The second-order valence-electron chi connectivity index (χ2n) is 4.00. The van der Waals surface area contributed by atoms with Crippen LogP contribution in [-0.4, -0.2) is 30.3 Å². The standard InChI is InChI=1S/C11H15FN2O/c1-8-6-14(7-9(2)15-8)10-3-4-13-11(12)5-10/h3-5,8-9H,6-7H2,1-2H3/t8-,9+. The number of hydrogen-bond acceptors (Lipinski definition) is 3. The lowest BCUT2D eigenvalue weighted by molar-refractivity contribution is -0.00524. The van der Waals surface area contributed by atoms with Gasteiger partial charge in [-0.05, 0) is 19.9 Å². The quantitative estimate of drug-likeness (QED) is 0.661. The van der Waals surface area contributed by atoms with Gasteiger partial charge in [0.15, 0.2) is 0 Å². The van der Waals surface area contributed by atoms with Gasteiger partial charge >= 0.3 is 0 Å². The van der Waals surface area contributed by atoms with Crippen molar-refractivity contribution in [1.29, 1.82) is 0 Å². The first-order chi connectivity index (χ1) is 7.15. The highest BCUT2D eigenvalue weighted by Crippen LogP contribution is 2.19. The van der Waals surface area contributed by atoms with Crippen LogP contribution in [0.2, 0.25) is 0 Å². The third kappa shape index (κ3) is 2.45. The van der Waals surface area contributed by atoms with Crippen molar-refractivity contribution in [2.45, 2.75) is 26.1 Å². The average Bonchev–Trinajstić information content (AvgIpc) is 2.16. The van der Waals surface area contributed by atoms with Gasteiger partial charge < -0.3 is 9.64 Å². The lowest BCUT2D eigenvalue weighted by Gasteiger charge is -2.36. The van der Waals surface area contributed by atoms with E-state index in [9.17, 15) is 4.39 Å². The summed E-state index contributed by atoms with van der Waals surface area (Å²) >= 11 is 0. The molecule has 0 bridgehead atoms. The molecular formula is C11H15FN2O. The molecule has 0 amide bonds. The highest BCUT2D eigenvalue weighted by molar-refractivity contribution is 5.45. The largest absolute Gasteiger partial charge is 0.372 e. The Morgan fingerprint density at radius 2 is 2.07 bits per heavy atom. The number of morpholine rings is 1. The smallest absolute Gasteiger partial charge is 0.214 e. The summed E-state index contributed by atoms with van der Waals surface area (Å²) in [5, 5.41) is 0. The average molecular weight is 210 g/mol. The minimum Gasteiger partial charge on any atom is -0.372 e. The van der Waals surface area contributed by atoms with E-state index in [-0.39, 0.29) is 12.2 Å². The molecule has 1 aromatic rings. The van der Waals surface area contributed by atoms with Crippen LogP contribution in [0.1, 0.15) is 13.8 Å². The third-order valence-electron chi connectivity index (χ3n) is 2.49. The van der Waals surface area contributed by atoms with Crippen LogP contribution in [-0.2, 0) is 4.74 Å². The third-order valence-corrected chi connectivity index (χ3v) is 2.49. The number of anilines is 1. The van der Waals surface area contributed by atoms with Crippen molar-refractivity contribution in [2.24, 2.45) is 0 Å². The summed E-state index contributed by atoms with van der Waals surface area (Å²) in [6.45, 7) is 5.65. The van der Waals surface area contributed by atoms with Gasteiger partial charge in [-0.1, -0.05) is 0 Å². The Hall–Kier alpha value is -1.16. The van der Waals surface area contributed by atoms with Crippen molar-refractivity contribution in [2.75, 3.05) is 18.0 Å². The fourth-order valence-corrected chi connectivity index (χ4v) is 1.98. The first-order valence-corrected chi connectivity index (χ1v) is 5.17. The molecule has 2 rings (SSSR count). The van der Waals surface area contributed by atoms with Crippen molar-refractivity contribution < 1.29 is 9.13 Å². The molecule has 0 spiro atoms. The zero-order chi connectivity index (χ0) is 10.8. The molecule has 0 aromatic carbocycles. The first kappa shape index (κ1) is 10.4. The minimum absolute atomic E-state index is 0.185. The summed E-state index contributed by atoms with van der Waals surface area (Å²) in [7, 11) is 0. The van der Waals surface area contributed by atoms with Crippen LogP contribution in [0.15, 0.2) is 18.3 Å². The molecule has 2 atom stereocenters. The molecule has 15 heavy (non-hydrogen) atoms. The number of hydrogen-bond donors (Lipinski definition) is 0. The van der Waals surface area contributed by atoms with Gasteiger partial charge in [0.05, 0.1) is 12.2 Å². The normalized spacial score (nSPS) is 26.7. The molecule has 0 aliphatic carbocycles. The molecule has 0 unspecified atom stereocenters. The van der Waals surface area contributed by atoms with Crippen molar-refractivity contribution >= 4 is 5.69 Å². The number of halogens is 1. The van der Waals surface area contributed by atoms with Gasteiger partial charge in [0, 0.05) is 31.0 Å². The molecule has 1 saturated heterocycles. The Bertz CT molecular complexity index is 335. The van der Waals surface area contributed by atoms with E-state index in [0.717, 1.165) is 18.8 Å². The zero-order valence-electron chi connectivity index (χ0n) is 8.98. The molecule has 82 valence electrons. The lowest BCUT2D eigenvalue weighted by Crippen LogP contribution is -2.45. The molecular weight excluding hydrogens is 195 g/mol. The lowest BCUT2D eigenvalue weighted by atomic mass is 10.2. The van der Waals surface area contributed by atoms with E-state index in [1.54, 1.807) is 0 Å². The topological polar surface area (TPSA) is 25.4 Å². The molecule has 1 aliphatic heterocycles. The predicted octanol–water partition coefficient (Wildman–Crippen LogP) is 1.83. The molecule has 1 aliphatic rings. The van der Waals surface area contributed by atoms with E-state index in [4.69, 9.17) is 4.74 Å². The maximum absolute atomic E-state index is 12.9. The van der Waals surface area contributed by atoms with Gasteiger partial charge in [-0.3, -0.25) is 0 Å². The molecule has 4 heteroatoms. The molecule has 1 aromatic heterocycles. The number of pyridine rings is 1. The van der Waals surface area contributed by atoms with Crippen molar-refractivity contribution in [3.05, 3.63) is 24.3 Å². The number of aromatic nitrogens is 1. The SMILES string of the molecule is C[C@@H]1CN(c2ccnc(F)c2)C[C@H](C)O1. The van der Waals surface area contributed by atoms with E-state index in [2.05, 4.69) is 9.88 Å². The zero-order valence-corrected chi connectivity index (χ0v) is 8.98. The molecule has 1 fully saturated rings. The van der Waals surface area contributed by atoms with Crippen molar-refractivity contribution in [3.63, 3.8) is 0 Å². The monoisotopic (exact) mass is 210 g/mol. The number of ether oxygens (including phenoxy) is 1. The summed E-state index contributed by atoms with van der Waals surface area (Å²) in [5.74, 6) is -0.431. The summed E-state index contributed by atoms with van der Waals surface area (Å²) < 4.78 is 18.6. The van der Waals surface area contributed by atoms with Gasteiger partial charge in [-0.25, -0.2) is 4.98 Å². The van der Waals surface area contributed by atoms with Crippen LogP contribution in [0.3, 0.4) is 0 Å². The van der Waals surface area contributed by atoms with E-state index < -0.39 is 5.95 Å². The van der Waals surface area contributed by atoms with E-state index in [1.807, 2.05) is 19.9 Å². The van der Waals surface area contributed by atoms with Crippen LogP contribution in [0.5, 0.6) is 0 Å². The van der Waals surface area contributed by atoms with E-state index in [0.29, 0.717) is 0 Å². The first-order valence-electron chi connectivity index (χ1n) is 5.17. The Balaban J connectivity index is 2.16. The maximum atomic E-state index is 12.9. The summed E-state index contributed by atoms with van der Waals surface area (Å²) in [4.78, 5) is 5.68.